The van der Waals surface area contributed by atoms with Gasteiger partial charge in [-0.05, 0) is 30.4 Å². The van der Waals surface area contributed by atoms with Crippen LogP contribution in [0.1, 0.15) is 39.0 Å². The molecule has 2 rings (SSSR count). The molecule has 1 aliphatic rings. The molecule has 0 spiro atoms. The minimum Gasteiger partial charge on any atom is -0.365 e. The van der Waals surface area contributed by atoms with E-state index in [1.165, 1.54) is 19.3 Å². The van der Waals surface area contributed by atoms with Gasteiger partial charge in [-0.2, -0.15) is 4.98 Å². The summed E-state index contributed by atoms with van der Waals surface area (Å²) in [6, 6.07) is 0.300. The van der Waals surface area contributed by atoms with Crippen LogP contribution in [0.2, 0.25) is 5.28 Å². The molecule has 3 nitrogen and oxygen atoms in total. The summed E-state index contributed by atoms with van der Waals surface area (Å²) in [5.74, 6) is 0.529. The van der Waals surface area contributed by atoms with Crippen LogP contribution in [0.3, 0.4) is 0 Å². The molecule has 0 radical (unpaired) electrons. The lowest BCUT2D eigenvalue weighted by Crippen LogP contribution is -2.28. The van der Waals surface area contributed by atoms with E-state index in [0.29, 0.717) is 6.04 Å². The molecule has 1 N–H and O–H groups in total. The molecule has 2 atom stereocenters. The van der Waals surface area contributed by atoms with Crippen LogP contribution in [0.15, 0.2) is 6.20 Å². The Balaban J connectivity index is 2.02. The molecular weight excluding hydrogens is 241 g/mol. The number of anilines is 1. The molecule has 0 amide bonds. The van der Waals surface area contributed by atoms with Gasteiger partial charge in [0.05, 0.1) is 6.20 Å². The van der Waals surface area contributed by atoms with E-state index in [1.807, 2.05) is 0 Å². The minimum absolute atomic E-state index is 0.0803. The van der Waals surface area contributed by atoms with Crippen molar-refractivity contribution in [3.8, 4) is 0 Å². The minimum atomic E-state index is -0.437. The average Bonchev–Trinajstić information content (AvgIpc) is 2.34. The molecule has 0 aromatic carbocycles. The number of nitrogens with one attached hydrogen (secondary N) is 1. The lowest BCUT2D eigenvalue weighted by Gasteiger charge is -2.29. The first-order valence-electron chi connectivity index (χ1n) is 6.13. The number of hydrogen-bond acceptors (Lipinski definition) is 3. The summed E-state index contributed by atoms with van der Waals surface area (Å²) >= 11 is 5.66. The maximum atomic E-state index is 13.5. The third kappa shape index (κ3) is 3.28. The Kier molecular flexibility index (Phi) is 4.15. The summed E-state index contributed by atoms with van der Waals surface area (Å²) in [5.41, 5.74) is 0. The smallest absolute Gasteiger partial charge is 0.224 e. The molecular formula is C12H17ClFN3. The van der Waals surface area contributed by atoms with Crippen molar-refractivity contribution in [3.05, 3.63) is 17.3 Å². The van der Waals surface area contributed by atoms with E-state index in [2.05, 4.69) is 22.2 Å². The maximum Gasteiger partial charge on any atom is 0.224 e. The first kappa shape index (κ1) is 12.6. The largest absolute Gasteiger partial charge is 0.365 e. The van der Waals surface area contributed by atoms with Crippen LogP contribution in [0.25, 0.3) is 0 Å². The van der Waals surface area contributed by atoms with Crippen molar-refractivity contribution in [2.75, 3.05) is 5.32 Å². The maximum absolute atomic E-state index is 13.5. The predicted molar refractivity (Wildman–Crippen MR) is 66.7 cm³/mol. The van der Waals surface area contributed by atoms with Crippen molar-refractivity contribution in [3.63, 3.8) is 0 Å². The zero-order valence-corrected chi connectivity index (χ0v) is 10.7. The van der Waals surface area contributed by atoms with Crippen molar-refractivity contribution < 1.29 is 4.39 Å². The van der Waals surface area contributed by atoms with Crippen molar-refractivity contribution >= 4 is 17.4 Å². The van der Waals surface area contributed by atoms with Gasteiger partial charge in [-0.1, -0.05) is 26.2 Å². The van der Waals surface area contributed by atoms with Gasteiger partial charge in [0.25, 0.3) is 0 Å². The van der Waals surface area contributed by atoms with Gasteiger partial charge in [0, 0.05) is 6.04 Å². The highest BCUT2D eigenvalue weighted by molar-refractivity contribution is 6.28. The third-order valence-electron chi connectivity index (χ3n) is 3.42. The van der Waals surface area contributed by atoms with Crippen LogP contribution in [-0.4, -0.2) is 16.0 Å². The fourth-order valence-electron chi connectivity index (χ4n) is 2.43. The molecule has 1 heterocycles. The van der Waals surface area contributed by atoms with Gasteiger partial charge in [-0.25, -0.2) is 9.37 Å². The fourth-order valence-corrected chi connectivity index (χ4v) is 2.57. The van der Waals surface area contributed by atoms with Crippen LogP contribution in [0.4, 0.5) is 10.2 Å². The highest BCUT2D eigenvalue weighted by atomic mass is 35.5. The summed E-state index contributed by atoms with van der Waals surface area (Å²) < 4.78 is 13.5. The van der Waals surface area contributed by atoms with Gasteiger partial charge in [0.2, 0.25) is 5.28 Å². The molecule has 1 fully saturated rings. The van der Waals surface area contributed by atoms with Gasteiger partial charge >= 0.3 is 0 Å². The van der Waals surface area contributed by atoms with Gasteiger partial charge in [0.1, 0.15) is 0 Å². The standard InChI is InChI=1S/C12H17ClFN3/c1-2-8-4-3-5-9(6-8)16-11-10(14)7-15-12(13)17-11/h7-9H,2-6H2,1H3,(H,15,16,17). The molecule has 0 bridgehead atoms. The molecule has 2 unspecified atom stereocenters. The van der Waals surface area contributed by atoms with Crippen LogP contribution in [0.5, 0.6) is 0 Å². The number of rotatable bonds is 3. The Bertz CT molecular complexity index is 386. The molecule has 5 heteroatoms. The lowest BCUT2D eigenvalue weighted by atomic mass is 9.84. The van der Waals surface area contributed by atoms with Crippen LogP contribution < -0.4 is 5.32 Å². The Morgan fingerprint density at radius 2 is 2.35 bits per heavy atom. The molecule has 1 aromatic heterocycles. The van der Waals surface area contributed by atoms with E-state index in [1.54, 1.807) is 0 Å². The molecule has 0 aliphatic heterocycles. The molecule has 1 aromatic rings. The van der Waals surface area contributed by atoms with Crippen molar-refractivity contribution in [1.29, 1.82) is 0 Å². The summed E-state index contributed by atoms with van der Waals surface area (Å²) in [5, 5.41) is 3.22. The number of nitrogens with zero attached hydrogens (tertiary/aromatic N) is 2. The van der Waals surface area contributed by atoms with E-state index >= 15 is 0 Å². The van der Waals surface area contributed by atoms with Crippen LogP contribution >= 0.6 is 11.6 Å². The van der Waals surface area contributed by atoms with Crippen molar-refractivity contribution in [2.45, 2.75) is 45.1 Å². The van der Waals surface area contributed by atoms with Crippen LogP contribution in [-0.2, 0) is 0 Å². The van der Waals surface area contributed by atoms with E-state index < -0.39 is 5.82 Å². The Labute approximate surface area is 106 Å². The first-order chi connectivity index (χ1) is 8.19. The number of hydrogen-bond donors (Lipinski definition) is 1. The first-order valence-corrected chi connectivity index (χ1v) is 6.51. The highest BCUT2D eigenvalue weighted by Crippen LogP contribution is 2.28. The number of aromatic nitrogens is 2. The zero-order valence-electron chi connectivity index (χ0n) is 9.92. The molecule has 17 heavy (non-hydrogen) atoms. The SMILES string of the molecule is CCC1CCCC(Nc2nc(Cl)ncc2F)C1. The Morgan fingerprint density at radius 3 is 3.12 bits per heavy atom. The fraction of sp³-hybridized carbons (Fsp3) is 0.667. The number of halogens is 2. The summed E-state index contributed by atoms with van der Waals surface area (Å²) in [7, 11) is 0. The Morgan fingerprint density at radius 1 is 1.53 bits per heavy atom. The van der Waals surface area contributed by atoms with Gasteiger partial charge in [-0.15, -0.1) is 0 Å². The van der Waals surface area contributed by atoms with Gasteiger partial charge in [-0.3, -0.25) is 0 Å². The van der Waals surface area contributed by atoms with Crippen molar-refractivity contribution in [1.82, 2.24) is 9.97 Å². The monoisotopic (exact) mass is 257 g/mol. The van der Waals surface area contributed by atoms with E-state index in [0.717, 1.165) is 25.0 Å². The topological polar surface area (TPSA) is 37.8 Å². The van der Waals surface area contributed by atoms with E-state index in [4.69, 9.17) is 11.6 Å². The van der Waals surface area contributed by atoms with Gasteiger partial charge < -0.3 is 5.32 Å². The van der Waals surface area contributed by atoms with Crippen molar-refractivity contribution in [2.24, 2.45) is 5.92 Å². The third-order valence-corrected chi connectivity index (χ3v) is 3.60. The molecule has 0 saturated heterocycles. The summed E-state index contributed by atoms with van der Waals surface area (Å²) in [6.45, 7) is 2.20. The second-order valence-corrected chi connectivity index (χ2v) is 4.96. The normalized spacial score (nSPS) is 24.6. The molecule has 94 valence electrons. The Hall–Kier alpha value is -0.900. The van der Waals surface area contributed by atoms with Crippen LogP contribution in [0, 0.1) is 11.7 Å². The predicted octanol–water partition coefficient (Wildman–Crippen LogP) is 3.65. The average molecular weight is 258 g/mol. The molecule has 1 aliphatic carbocycles. The second-order valence-electron chi connectivity index (χ2n) is 4.62. The van der Waals surface area contributed by atoms with Gasteiger partial charge in [0.15, 0.2) is 11.6 Å². The van der Waals surface area contributed by atoms with E-state index in [9.17, 15) is 4.39 Å². The second kappa shape index (κ2) is 5.63. The lowest BCUT2D eigenvalue weighted by molar-refractivity contribution is 0.326. The quantitative estimate of drug-likeness (QED) is 0.840. The zero-order chi connectivity index (χ0) is 12.3. The summed E-state index contributed by atoms with van der Waals surface area (Å²) in [6.07, 6.45) is 6.91. The van der Waals surface area contributed by atoms with E-state index in [-0.39, 0.29) is 11.1 Å². The molecule has 1 saturated carbocycles. The highest BCUT2D eigenvalue weighted by Gasteiger charge is 2.21. The summed E-state index contributed by atoms with van der Waals surface area (Å²) in [4.78, 5) is 7.49.